The Labute approximate surface area is 121 Å². The molecule has 0 radical (unpaired) electrons. The molecule has 0 saturated heterocycles. The molecule has 0 fully saturated rings. The predicted octanol–water partition coefficient (Wildman–Crippen LogP) is 2.79. The zero-order valence-corrected chi connectivity index (χ0v) is 12.7. The lowest BCUT2D eigenvalue weighted by Gasteiger charge is -2.23. The van der Waals surface area contributed by atoms with Gasteiger partial charge in [0.2, 0.25) is 0 Å². The van der Waals surface area contributed by atoms with Crippen LogP contribution in [0.2, 0.25) is 0 Å². The van der Waals surface area contributed by atoms with Crippen LogP contribution in [0.4, 0.5) is 4.39 Å². The molecule has 106 valence electrons. The maximum Gasteiger partial charge on any atom is 0.143 e. The Balaban J connectivity index is 2.71. The highest BCUT2D eigenvalue weighted by molar-refractivity contribution is 9.10. The Morgan fingerprint density at radius 1 is 1.53 bits per heavy atom. The lowest BCUT2D eigenvalue weighted by molar-refractivity contribution is 0.257. The summed E-state index contributed by atoms with van der Waals surface area (Å²) >= 11 is 3.28. The summed E-state index contributed by atoms with van der Waals surface area (Å²) in [4.78, 5) is 2.11. The van der Waals surface area contributed by atoms with E-state index in [1.807, 2.05) is 19.9 Å². The van der Waals surface area contributed by atoms with Gasteiger partial charge in [-0.15, -0.1) is 0 Å². The Bertz CT molecular complexity index is 433. The summed E-state index contributed by atoms with van der Waals surface area (Å²) in [6.07, 6.45) is 0. The second-order valence-electron chi connectivity index (χ2n) is 4.53. The third-order valence-electron chi connectivity index (χ3n) is 2.93. The maximum atomic E-state index is 13.3. The van der Waals surface area contributed by atoms with Crippen LogP contribution in [0.5, 0.6) is 0 Å². The van der Waals surface area contributed by atoms with E-state index in [1.165, 1.54) is 12.1 Å². The number of nitrogens with zero attached hydrogens (tertiary/aromatic N) is 2. The van der Waals surface area contributed by atoms with Crippen LogP contribution in [0.25, 0.3) is 0 Å². The Kier molecular flexibility index (Phi) is 6.24. The highest BCUT2D eigenvalue weighted by atomic mass is 79.9. The van der Waals surface area contributed by atoms with E-state index in [-0.39, 0.29) is 17.6 Å². The fraction of sp³-hybridized carbons (Fsp3) is 0.462. The van der Waals surface area contributed by atoms with Crippen molar-refractivity contribution in [3.8, 4) is 0 Å². The van der Waals surface area contributed by atoms with Crippen LogP contribution in [-0.4, -0.2) is 29.0 Å². The number of benzene rings is 1. The van der Waals surface area contributed by atoms with Crippen molar-refractivity contribution >= 4 is 21.8 Å². The van der Waals surface area contributed by atoms with E-state index in [4.69, 9.17) is 10.9 Å². The maximum absolute atomic E-state index is 13.3. The van der Waals surface area contributed by atoms with Crippen molar-refractivity contribution in [1.82, 2.24) is 4.90 Å². The van der Waals surface area contributed by atoms with Crippen LogP contribution in [0, 0.1) is 11.7 Å². The number of oxime groups is 1. The van der Waals surface area contributed by atoms with Gasteiger partial charge in [0.1, 0.15) is 11.7 Å². The fourth-order valence-corrected chi connectivity index (χ4v) is 2.36. The quantitative estimate of drug-likeness (QED) is 0.364. The molecular formula is C13H19BrFN3O. The molecule has 0 aliphatic carbocycles. The highest BCUT2D eigenvalue weighted by Crippen LogP contribution is 2.17. The number of rotatable bonds is 6. The van der Waals surface area contributed by atoms with Gasteiger partial charge >= 0.3 is 0 Å². The Morgan fingerprint density at radius 3 is 2.74 bits per heavy atom. The molecule has 3 N–H and O–H groups in total. The topological polar surface area (TPSA) is 61.8 Å². The number of hydrogen-bond donors (Lipinski definition) is 2. The fourth-order valence-electron chi connectivity index (χ4n) is 1.85. The average molecular weight is 332 g/mol. The minimum atomic E-state index is -0.259. The predicted molar refractivity (Wildman–Crippen MR) is 77.6 cm³/mol. The number of hydrogen-bond acceptors (Lipinski definition) is 3. The van der Waals surface area contributed by atoms with Crippen molar-refractivity contribution in [3.05, 3.63) is 34.1 Å². The molecular weight excluding hydrogens is 313 g/mol. The molecule has 0 aliphatic rings. The van der Waals surface area contributed by atoms with Gasteiger partial charge in [-0.2, -0.15) is 0 Å². The monoisotopic (exact) mass is 331 g/mol. The van der Waals surface area contributed by atoms with Crippen LogP contribution in [0.1, 0.15) is 19.4 Å². The molecule has 0 aromatic heterocycles. The van der Waals surface area contributed by atoms with Crippen LogP contribution < -0.4 is 5.73 Å². The van der Waals surface area contributed by atoms with E-state index in [0.717, 1.165) is 16.6 Å². The average Bonchev–Trinajstić information content (AvgIpc) is 2.35. The molecule has 6 heteroatoms. The van der Waals surface area contributed by atoms with E-state index in [2.05, 4.69) is 26.0 Å². The largest absolute Gasteiger partial charge is 0.409 e. The van der Waals surface area contributed by atoms with Crippen molar-refractivity contribution in [3.63, 3.8) is 0 Å². The van der Waals surface area contributed by atoms with Gasteiger partial charge in [0.25, 0.3) is 0 Å². The van der Waals surface area contributed by atoms with E-state index < -0.39 is 0 Å². The van der Waals surface area contributed by atoms with Gasteiger partial charge in [-0.25, -0.2) is 4.39 Å². The van der Waals surface area contributed by atoms with Crippen molar-refractivity contribution in [1.29, 1.82) is 0 Å². The molecule has 1 rings (SSSR count). The summed E-state index contributed by atoms with van der Waals surface area (Å²) in [7, 11) is 0. The summed E-state index contributed by atoms with van der Waals surface area (Å²) in [5, 5.41) is 11.7. The minimum Gasteiger partial charge on any atom is -0.409 e. The zero-order valence-electron chi connectivity index (χ0n) is 11.1. The van der Waals surface area contributed by atoms with Crippen molar-refractivity contribution in [2.45, 2.75) is 20.4 Å². The molecule has 1 unspecified atom stereocenters. The third-order valence-corrected chi connectivity index (χ3v) is 3.39. The van der Waals surface area contributed by atoms with Crippen LogP contribution >= 0.6 is 15.9 Å². The number of amidine groups is 1. The van der Waals surface area contributed by atoms with Gasteiger partial charge in [0.15, 0.2) is 0 Å². The van der Waals surface area contributed by atoms with Crippen molar-refractivity contribution in [2.75, 3.05) is 13.1 Å². The molecule has 1 atom stereocenters. The summed E-state index contributed by atoms with van der Waals surface area (Å²) in [5.41, 5.74) is 6.46. The number of nitrogens with two attached hydrogens (primary N) is 1. The first kappa shape index (κ1) is 15.9. The van der Waals surface area contributed by atoms with Gasteiger partial charge in [-0.1, -0.05) is 34.9 Å². The molecule has 4 nitrogen and oxygen atoms in total. The zero-order chi connectivity index (χ0) is 14.4. The van der Waals surface area contributed by atoms with Gasteiger partial charge < -0.3 is 10.9 Å². The summed E-state index contributed by atoms with van der Waals surface area (Å²) in [6, 6.07) is 4.83. The second-order valence-corrected chi connectivity index (χ2v) is 5.45. The van der Waals surface area contributed by atoms with E-state index in [0.29, 0.717) is 13.1 Å². The first-order valence-electron chi connectivity index (χ1n) is 6.11. The third kappa shape index (κ3) is 5.16. The normalized spacial score (nSPS) is 13.8. The van der Waals surface area contributed by atoms with Crippen LogP contribution in [0.3, 0.4) is 0 Å². The van der Waals surface area contributed by atoms with Crippen LogP contribution in [0.15, 0.2) is 27.8 Å². The molecule has 19 heavy (non-hydrogen) atoms. The van der Waals surface area contributed by atoms with Gasteiger partial charge in [0.05, 0.1) is 0 Å². The summed E-state index contributed by atoms with van der Waals surface area (Å²) in [6.45, 7) is 5.99. The highest BCUT2D eigenvalue weighted by Gasteiger charge is 2.13. The first-order valence-corrected chi connectivity index (χ1v) is 6.90. The minimum absolute atomic E-state index is 0.0538. The molecule has 1 aromatic carbocycles. The van der Waals surface area contributed by atoms with Crippen LogP contribution in [-0.2, 0) is 6.54 Å². The molecule has 0 bridgehead atoms. The Hall–Kier alpha value is -1.14. The van der Waals surface area contributed by atoms with E-state index >= 15 is 0 Å². The smallest absolute Gasteiger partial charge is 0.143 e. The molecule has 0 saturated carbocycles. The molecule has 1 aromatic rings. The Morgan fingerprint density at radius 2 is 2.21 bits per heavy atom. The van der Waals surface area contributed by atoms with Gasteiger partial charge in [-0.3, -0.25) is 4.90 Å². The molecule has 0 aliphatic heterocycles. The SMILES string of the molecule is CCN(Cc1cc(F)cc(Br)c1)CC(C)C(N)=NO. The van der Waals surface area contributed by atoms with E-state index in [9.17, 15) is 4.39 Å². The second kappa shape index (κ2) is 7.45. The van der Waals surface area contributed by atoms with Crippen molar-refractivity contribution < 1.29 is 9.60 Å². The lowest BCUT2D eigenvalue weighted by atomic mass is 10.1. The summed E-state index contributed by atoms with van der Waals surface area (Å²) < 4.78 is 14.0. The van der Waals surface area contributed by atoms with E-state index in [1.54, 1.807) is 0 Å². The standard InChI is InChI=1S/C13H19BrFN3O/c1-3-18(7-9(2)13(16)17-19)8-10-4-11(14)6-12(15)5-10/h4-6,9,19H,3,7-8H2,1-2H3,(H2,16,17). The summed E-state index contributed by atoms with van der Waals surface area (Å²) in [5.74, 6) is -0.106. The van der Waals surface area contributed by atoms with Gasteiger partial charge in [-0.05, 0) is 30.3 Å². The van der Waals surface area contributed by atoms with Gasteiger partial charge in [0, 0.05) is 23.5 Å². The molecule has 0 amide bonds. The molecule has 0 spiro atoms. The molecule has 0 heterocycles. The van der Waals surface area contributed by atoms with Crippen molar-refractivity contribution in [2.24, 2.45) is 16.8 Å². The first-order chi connectivity index (χ1) is 8.96. The number of halogens is 2. The lowest BCUT2D eigenvalue weighted by Crippen LogP contribution is -2.34.